The maximum Gasteiger partial charge on any atom is 0.329 e. The molecule has 1 aliphatic rings. The van der Waals surface area contributed by atoms with Gasteiger partial charge in [0.05, 0.1) is 17.7 Å². The predicted octanol–water partition coefficient (Wildman–Crippen LogP) is 3.55. The topological polar surface area (TPSA) is 116 Å². The Morgan fingerprint density at radius 2 is 1.90 bits per heavy atom. The summed E-state index contributed by atoms with van der Waals surface area (Å²) in [6.45, 7) is 1.90. The summed E-state index contributed by atoms with van der Waals surface area (Å²) in [6, 6.07) is 9.62. The van der Waals surface area contributed by atoms with Crippen molar-refractivity contribution in [3.05, 3.63) is 40.8 Å². The van der Waals surface area contributed by atoms with Gasteiger partial charge < -0.3 is 20.1 Å². The Kier molecular flexibility index (Phi) is 9.88. The molecule has 0 aromatic heterocycles. The van der Waals surface area contributed by atoms with E-state index in [2.05, 4.69) is 5.18 Å². The molecule has 1 fully saturated rings. The summed E-state index contributed by atoms with van der Waals surface area (Å²) >= 11 is 0. The number of hydrogen-bond acceptors (Lipinski definition) is 6. The van der Waals surface area contributed by atoms with Crippen molar-refractivity contribution in [1.82, 2.24) is 0 Å². The molecular weight excluding hydrogens is 386 g/mol. The van der Waals surface area contributed by atoms with Crippen molar-refractivity contribution in [2.24, 2.45) is 17.0 Å². The Morgan fingerprint density at radius 3 is 2.57 bits per heavy atom. The first kappa shape index (κ1) is 24.4. The molecule has 5 atom stereocenters. The van der Waals surface area contributed by atoms with Crippen LogP contribution >= 0.6 is 0 Å². The van der Waals surface area contributed by atoms with Gasteiger partial charge in [-0.15, -0.1) is 0 Å². The van der Waals surface area contributed by atoms with E-state index >= 15 is 0 Å². The number of aryl methyl sites for hydroxylation is 1. The number of aliphatic hydroxyl groups excluding tert-OH is 1. The molecule has 0 amide bonds. The monoisotopic (exact) mass is 421 g/mol. The highest BCUT2D eigenvalue weighted by Crippen LogP contribution is 2.41. The minimum absolute atomic E-state index is 0.0305. The van der Waals surface area contributed by atoms with Crippen LogP contribution < -0.4 is 0 Å². The van der Waals surface area contributed by atoms with Crippen LogP contribution in [0.15, 0.2) is 35.5 Å². The zero-order valence-electron chi connectivity index (χ0n) is 17.8. The molecule has 0 radical (unpaired) electrons. The molecule has 1 aliphatic carbocycles. The lowest BCUT2D eigenvalue weighted by Gasteiger charge is -2.28. The van der Waals surface area contributed by atoms with Gasteiger partial charge in [-0.25, -0.2) is 4.79 Å². The molecule has 0 bridgehead atoms. The van der Waals surface area contributed by atoms with Gasteiger partial charge >= 0.3 is 5.97 Å². The molecule has 0 heterocycles. The normalized spacial score (nSPS) is 25.7. The second-order valence-corrected chi connectivity index (χ2v) is 8.77. The lowest BCUT2D eigenvalue weighted by molar-refractivity contribution is -0.142. The molecule has 7 heteroatoms. The van der Waals surface area contributed by atoms with Crippen molar-refractivity contribution >= 4 is 5.97 Å². The summed E-state index contributed by atoms with van der Waals surface area (Å²) in [4.78, 5) is 21.8. The highest BCUT2D eigenvalue weighted by Gasteiger charge is 2.43. The van der Waals surface area contributed by atoms with Gasteiger partial charge in [-0.2, -0.15) is 4.91 Å². The lowest BCUT2D eigenvalue weighted by atomic mass is 9.81. The van der Waals surface area contributed by atoms with Gasteiger partial charge in [0.15, 0.2) is 0 Å². The summed E-state index contributed by atoms with van der Waals surface area (Å²) in [5.74, 6) is -1.06. The predicted molar refractivity (Wildman–Crippen MR) is 114 cm³/mol. The zero-order valence-corrected chi connectivity index (χ0v) is 17.8. The number of aliphatic hydroxyl groups is 2. The molecule has 3 N–H and O–H groups in total. The number of carboxylic acid groups (broad SMARTS) is 1. The van der Waals surface area contributed by atoms with Crippen LogP contribution in [0.2, 0.25) is 0 Å². The molecule has 0 saturated heterocycles. The molecule has 1 saturated carbocycles. The number of nitrogens with zero attached hydrogens (tertiary/aromatic N) is 1. The van der Waals surface area contributed by atoms with Crippen molar-refractivity contribution in [3.8, 4) is 0 Å². The number of carbonyl (C=O) groups is 1. The van der Waals surface area contributed by atoms with Gasteiger partial charge in [0.1, 0.15) is 6.61 Å². The highest BCUT2D eigenvalue weighted by molar-refractivity contribution is 5.67. The first-order chi connectivity index (χ1) is 14.3. The number of rotatable bonds is 14. The van der Waals surface area contributed by atoms with E-state index in [0.29, 0.717) is 38.7 Å². The Balaban J connectivity index is 1.81. The fourth-order valence-electron chi connectivity index (χ4n) is 4.51. The number of carboxylic acids is 1. The van der Waals surface area contributed by atoms with Crippen LogP contribution in [0.25, 0.3) is 0 Å². The molecular formula is C23H35NO6. The molecule has 0 spiro atoms. The van der Waals surface area contributed by atoms with E-state index in [4.69, 9.17) is 9.84 Å². The molecule has 30 heavy (non-hydrogen) atoms. The van der Waals surface area contributed by atoms with Crippen LogP contribution in [0.1, 0.15) is 57.4 Å². The number of nitroso groups, excluding NO2 is 1. The molecule has 2 unspecified atom stereocenters. The number of aliphatic carboxylic acids is 1. The molecule has 2 rings (SSSR count). The summed E-state index contributed by atoms with van der Waals surface area (Å²) < 4.78 is 5.05. The minimum atomic E-state index is -0.986. The van der Waals surface area contributed by atoms with Gasteiger partial charge in [-0.05, 0) is 69.3 Å². The average Bonchev–Trinajstić information content (AvgIpc) is 3.03. The first-order valence-electron chi connectivity index (χ1n) is 10.9. The van der Waals surface area contributed by atoms with Gasteiger partial charge in [-0.1, -0.05) is 41.9 Å². The Bertz CT molecular complexity index is 650. The van der Waals surface area contributed by atoms with E-state index in [1.165, 1.54) is 5.56 Å². The van der Waals surface area contributed by atoms with Gasteiger partial charge in [-0.3, -0.25) is 0 Å². The highest BCUT2D eigenvalue weighted by atomic mass is 16.5. The van der Waals surface area contributed by atoms with Gasteiger partial charge in [0, 0.05) is 6.61 Å². The molecule has 0 aliphatic heterocycles. The van der Waals surface area contributed by atoms with Gasteiger partial charge in [0.2, 0.25) is 0 Å². The quantitative estimate of drug-likeness (QED) is 0.312. The van der Waals surface area contributed by atoms with E-state index in [-0.39, 0.29) is 18.4 Å². The summed E-state index contributed by atoms with van der Waals surface area (Å²) in [6.07, 6.45) is 4.67. The number of unbranched alkanes of at least 4 members (excludes halogenated alkanes) is 1. The zero-order chi connectivity index (χ0) is 22.0. The number of hydrogen-bond donors (Lipinski definition) is 3. The van der Waals surface area contributed by atoms with Crippen LogP contribution in [0.4, 0.5) is 0 Å². The largest absolute Gasteiger partial charge is 0.480 e. The van der Waals surface area contributed by atoms with E-state index in [9.17, 15) is 19.9 Å². The SMILES string of the molecule is CC(O)(CCc1ccccc1)CC[C@H]1C(N=O)C[C@H](O)[C@@H]1CCCCOCC(=O)O. The maximum atomic E-state index is 11.3. The Morgan fingerprint density at radius 1 is 1.17 bits per heavy atom. The number of ether oxygens (including phenoxy) is 1. The Hall–Kier alpha value is -1.83. The molecule has 1 aromatic rings. The summed E-state index contributed by atoms with van der Waals surface area (Å²) in [5, 5.41) is 33.1. The van der Waals surface area contributed by atoms with Crippen LogP contribution in [0.3, 0.4) is 0 Å². The second kappa shape index (κ2) is 12.1. The minimum Gasteiger partial charge on any atom is -0.480 e. The lowest BCUT2D eigenvalue weighted by Crippen LogP contribution is -2.29. The van der Waals surface area contributed by atoms with E-state index < -0.39 is 23.7 Å². The van der Waals surface area contributed by atoms with E-state index in [0.717, 1.165) is 19.3 Å². The third-order valence-corrected chi connectivity index (χ3v) is 6.27. The second-order valence-electron chi connectivity index (χ2n) is 8.77. The standard InChI is InChI=1S/C23H35NO6/c1-23(28,12-10-17-7-3-2-4-8-17)13-11-18-19(21(25)15-20(18)24-29)9-5-6-14-30-16-22(26)27/h2-4,7-8,18-21,25,28H,5-6,9-16H2,1H3,(H,26,27)/t18-,19-,20?,21+,23?/m1/s1. The van der Waals surface area contributed by atoms with Crippen molar-refractivity contribution in [3.63, 3.8) is 0 Å². The number of benzene rings is 1. The smallest absolute Gasteiger partial charge is 0.329 e. The van der Waals surface area contributed by atoms with Crippen molar-refractivity contribution in [2.45, 2.75) is 76.0 Å². The molecule has 1 aromatic carbocycles. The van der Waals surface area contributed by atoms with Crippen LogP contribution in [-0.2, 0) is 16.0 Å². The summed E-state index contributed by atoms with van der Waals surface area (Å²) in [7, 11) is 0. The third kappa shape index (κ3) is 8.13. The van der Waals surface area contributed by atoms with E-state index in [1.807, 2.05) is 37.3 Å². The van der Waals surface area contributed by atoms with Crippen LogP contribution in [0.5, 0.6) is 0 Å². The van der Waals surface area contributed by atoms with Crippen molar-refractivity contribution in [1.29, 1.82) is 0 Å². The first-order valence-corrected chi connectivity index (χ1v) is 10.9. The molecule has 7 nitrogen and oxygen atoms in total. The van der Waals surface area contributed by atoms with Gasteiger partial charge in [0.25, 0.3) is 0 Å². The van der Waals surface area contributed by atoms with Crippen molar-refractivity contribution < 1.29 is 24.9 Å². The summed E-state index contributed by atoms with van der Waals surface area (Å²) in [5.41, 5.74) is 0.343. The molecule has 168 valence electrons. The van der Waals surface area contributed by atoms with Crippen molar-refractivity contribution in [2.75, 3.05) is 13.2 Å². The Labute approximate surface area is 178 Å². The fraction of sp³-hybridized carbons (Fsp3) is 0.696. The average molecular weight is 422 g/mol. The van der Waals surface area contributed by atoms with E-state index in [1.54, 1.807) is 0 Å². The van der Waals surface area contributed by atoms with Crippen LogP contribution in [0, 0.1) is 16.7 Å². The fourth-order valence-corrected chi connectivity index (χ4v) is 4.51. The maximum absolute atomic E-state index is 11.3. The van der Waals surface area contributed by atoms with Crippen LogP contribution in [-0.4, -0.2) is 52.2 Å². The third-order valence-electron chi connectivity index (χ3n) is 6.27.